The van der Waals surface area contributed by atoms with Crippen molar-refractivity contribution in [3.05, 3.63) is 71.8 Å². The van der Waals surface area contributed by atoms with Crippen molar-refractivity contribution in [2.45, 2.75) is 25.4 Å². The Morgan fingerprint density at radius 2 is 2.07 bits per heavy atom. The Kier molecular flexibility index (Phi) is 5.94. The number of anilines is 2. The molecule has 0 spiro atoms. The number of piperidine rings is 1. The van der Waals surface area contributed by atoms with Gasteiger partial charge < -0.3 is 15.5 Å². The lowest BCUT2D eigenvalue weighted by Crippen LogP contribution is -2.53. The van der Waals surface area contributed by atoms with Crippen LogP contribution < -0.4 is 15.5 Å². The van der Waals surface area contributed by atoms with E-state index in [1.807, 2.05) is 36.4 Å². The van der Waals surface area contributed by atoms with Gasteiger partial charge >= 0.3 is 6.03 Å². The fourth-order valence-corrected chi connectivity index (χ4v) is 3.73. The van der Waals surface area contributed by atoms with Crippen LogP contribution in [0.5, 0.6) is 0 Å². The summed E-state index contributed by atoms with van der Waals surface area (Å²) in [7, 11) is 0. The molecule has 1 aliphatic heterocycles. The molecule has 4 rings (SSSR count). The average Bonchev–Trinajstić information content (AvgIpc) is 3.23. The lowest BCUT2D eigenvalue weighted by molar-refractivity contribution is -0.121. The minimum atomic E-state index is -0.603. The molecule has 2 heterocycles. The molecule has 9 heteroatoms. The van der Waals surface area contributed by atoms with Gasteiger partial charge in [0.2, 0.25) is 5.91 Å². The van der Waals surface area contributed by atoms with Crippen molar-refractivity contribution >= 4 is 34.9 Å². The molecule has 0 bridgehead atoms. The molecule has 0 saturated carbocycles. The third kappa shape index (κ3) is 4.60. The molecule has 1 aliphatic rings. The number of nitrogens with zero attached hydrogens (tertiary/aromatic N) is 4. The van der Waals surface area contributed by atoms with E-state index in [1.165, 1.54) is 6.33 Å². The zero-order valence-corrected chi connectivity index (χ0v) is 16.9. The van der Waals surface area contributed by atoms with Crippen molar-refractivity contribution < 1.29 is 9.59 Å². The van der Waals surface area contributed by atoms with Crippen LogP contribution in [0.25, 0.3) is 0 Å². The maximum absolute atomic E-state index is 12.9. The predicted molar refractivity (Wildman–Crippen MR) is 115 cm³/mol. The molecule has 1 saturated heterocycles. The van der Waals surface area contributed by atoms with Crippen molar-refractivity contribution in [2.24, 2.45) is 0 Å². The third-order valence-corrected chi connectivity index (χ3v) is 5.20. The zero-order chi connectivity index (χ0) is 20.9. The fourth-order valence-electron chi connectivity index (χ4n) is 3.49. The second-order valence-electron chi connectivity index (χ2n) is 7.03. The van der Waals surface area contributed by atoms with E-state index in [-0.39, 0.29) is 5.91 Å². The van der Waals surface area contributed by atoms with Crippen molar-refractivity contribution in [1.29, 1.82) is 0 Å². The first-order valence-corrected chi connectivity index (χ1v) is 10.0. The number of benzene rings is 2. The van der Waals surface area contributed by atoms with Gasteiger partial charge in [0.1, 0.15) is 18.7 Å². The molecule has 2 N–H and O–H groups in total. The highest BCUT2D eigenvalue weighted by Gasteiger charge is 2.31. The molecule has 8 nitrogen and oxygen atoms in total. The SMILES string of the molecule is O=C(Nc1cccc(Cn2cncn2)c1)NC1CCCN(c2ccccc2Cl)C1=O. The summed E-state index contributed by atoms with van der Waals surface area (Å²) < 4.78 is 1.70. The molecule has 3 amide bonds. The summed E-state index contributed by atoms with van der Waals surface area (Å²) in [4.78, 5) is 31.0. The second-order valence-corrected chi connectivity index (χ2v) is 7.44. The molecule has 2 aromatic carbocycles. The van der Waals surface area contributed by atoms with Gasteiger partial charge in [-0.2, -0.15) is 5.10 Å². The number of amides is 3. The van der Waals surface area contributed by atoms with Crippen LogP contribution in [-0.2, 0) is 11.3 Å². The summed E-state index contributed by atoms with van der Waals surface area (Å²) in [6.45, 7) is 1.12. The first kappa shape index (κ1) is 19.9. The van der Waals surface area contributed by atoms with E-state index < -0.39 is 12.1 Å². The topological polar surface area (TPSA) is 92.2 Å². The predicted octanol–water partition coefficient (Wildman–Crippen LogP) is 3.30. The Bertz CT molecular complexity index is 1040. The fraction of sp³-hybridized carbons (Fsp3) is 0.238. The number of para-hydroxylation sites is 1. The quantitative estimate of drug-likeness (QED) is 0.657. The number of hydrogen-bond acceptors (Lipinski definition) is 4. The molecule has 1 aromatic heterocycles. The first-order chi connectivity index (χ1) is 14.6. The molecule has 1 atom stereocenters. The number of hydrogen-bond donors (Lipinski definition) is 2. The van der Waals surface area contributed by atoms with E-state index in [0.717, 1.165) is 12.0 Å². The van der Waals surface area contributed by atoms with Crippen LogP contribution in [0.4, 0.5) is 16.2 Å². The maximum atomic E-state index is 12.9. The Hall–Kier alpha value is -3.39. The first-order valence-electron chi connectivity index (χ1n) is 9.65. The van der Waals surface area contributed by atoms with Crippen molar-refractivity contribution in [3.63, 3.8) is 0 Å². The largest absolute Gasteiger partial charge is 0.326 e. The molecule has 30 heavy (non-hydrogen) atoms. The highest BCUT2D eigenvalue weighted by molar-refractivity contribution is 6.33. The van der Waals surface area contributed by atoms with Crippen LogP contribution in [0.1, 0.15) is 18.4 Å². The van der Waals surface area contributed by atoms with Gasteiger partial charge in [-0.15, -0.1) is 0 Å². The highest BCUT2D eigenvalue weighted by Crippen LogP contribution is 2.28. The van der Waals surface area contributed by atoms with Crippen LogP contribution in [0.2, 0.25) is 5.02 Å². The van der Waals surface area contributed by atoms with E-state index in [4.69, 9.17) is 11.6 Å². The summed E-state index contributed by atoms with van der Waals surface area (Å²) in [5.74, 6) is -0.163. The van der Waals surface area contributed by atoms with Crippen LogP contribution in [0.3, 0.4) is 0 Å². The number of urea groups is 1. The number of rotatable bonds is 5. The maximum Gasteiger partial charge on any atom is 0.319 e. The van der Waals surface area contributed by atoms with Gasteiger partial charge in [0.15, 0.2) is 0 Å². The molecule has 0 radical (unpaired) electrons. The van der Waals surface area contributed by atoms with Crippen molar-refractivity contribution in [1.82, 2.24) is 20.1 Å². The Morgan fingerprint density at radius 3 is 2.87 bits per heavy atom. The zero-order valence-electron chi connectivity index (χ0n) is 16.2. The van der Waals surface area contributed by atoms with E-state index >= 15 is 0 Å². The average molecular weight is 425 g/mol. The summed E-state index contributed by atoms with van der Waals surface area (Å²) in [6.07, 6.45) is 4.46. The molecular weight excluding hydrogens is 404 g/mol. The van der Waals surface area contributed by atoms with Gasteiger partial charge in [-0.25, -0.2) is 14.5 Å². The van der Waals surface area contributed by atoms with Gasteiger partial charge in [-0.1, -0.05) is 35.9 Å². The molecule has 0 aliphatic carbocycles. The van der Waals surface area contributed by atoms with Crippen LogP contribution in [-0.4, -0.2) is 39.3 Å². The smallest absolute Gasteiger partial charge is 0.319 e. The van der Waals surface area contributed by atoms with Crippen molar-refractivity contribution in [3.8, 4) is 0 Å². The number of carbonyl (C=O) groups excluding carboxylic acids is 2. The van der Waals surface area contributed by atoms with Crippen molar-refractivity contribution in [2.75, 3.05) is 16.8 Å². The van der Waals surface area contributed by atoms with Gasteiger partial charge in [0, 0.05) is 12.2 Å². The third-order valence-electron chi connectivity index (χ3n) is 4.88. The molecule has 1 unspecified atom stereocenters. The standard InChI is InChI=1S/C21H21ClN6O2/c22-17-7-1-2-9-19(17)28-10-4-8-18(20(28)29)26-21(30)25-16-6-3-5-15(11-16)12-27-14-23-13-24-27/h1-3,5-7,9,11,13-14,18H,4,8,10,12H2,(H2,25,26,30). The Labute approximate surface area is 178 Å². The molecule has 154 valence electrons. The lowest BCUT2D eigenvalue weighted by Gasteiger charge is -2.33. The van der Waals surface area contributed by atoms with E-state index in [2.05, 4.69) is 20.7 Å². The van der Waals surface area contributed by atoms with Crippen LogP contribution >= 0.6 is 11.6 Å². The van der Waals surface area contributed by atoms with Gasteiger partial charge in [-0.05, 0) is 42.7 Å². The Morgan fingerprint density at radius 1 is 1.20 bits per heavy atom. The normalized spacial score (nSPS) is 16.4. The van der Waals surface area contributed by atoms with E-state index in [9.17, 15) is 9.59 Å². The molecule has 3 aromatic rings. The van der Waals surface area contributed by atoms with Gasteiger partial charge in [0.25, 0.3) is 0 Å². The monoisotopic (exact) mass is 424 g/mol. The van der Waals surface area contributed by atoms with Gasteiger partial charge in [-0.3, -0.25) is 4.79 Å². The number of halogens is 1. The summed E-state index contributed by atoms with van der Waals surface area (Å²) in [5, 5.41) is 10.2. The van der Waals surface area contributed by atoms with Crippen LogP contribution in [0.15, 0.2) is 61.2 Å². The molecule has 1 fully saturated rings. The number of nitrogens with one attached hydrogen (secondary N) is 2. The van der Waals surface area contributed by atoms with Gasteiger partial charge in [0.05, 0.1) is 17.3 Å². The highest BCUT2D eigenvalue weighted by atomic mass is 35.5. The second kappa shape index (κ2) is 8.96. The number of carbonyl (C=O) groups is 2. The van der Waals surface area contributed by atoms with E-state index in [1.54, 1.807) is 28.0 Å². The Balaban J connectivity index is 1.39. The minimum Gasteiger partial charge on any atom is -0.326 e. The summed E-state index contributed by atoms with van der Waals surface area (Å²) in [5.41, 5.74) is 2.27. The van der Waals surface area contributed by atoms with Crippen LogP contribution in [0, 0.1) is 0 Å². The molecular formula is C21H21ClN6O2. The minimum absolute atomic E-state index is 0.163. The summed E-state index contributed by atoms with van der Waals surface area (Å²) >= 11 is 6.25. The van der Waals surface area contributed by atoms with E-state index in [0.29, 0.717) is 35.9 Å². The lowest BCUT2D eigenvalue weighted by atomic mass is 10.0. The number of aromatic nitrogens is 3. The summed E-state index contributed by atoms with van der Waals surface area (Å²) in [6, 6.07) is 13.6.